The van der Waals surface area contributed by atoms with Gasteiger partial charge in [0.1, 0.15) is 0 Å². The molecule has 0 aliphatic rings. The Balaban J connectivity index is 3.05. The molecule has 0 bridgehead atoms. The first-order chi connectivity index (χ1) is 9.03. The number of sulfonamides is 1. The van der Waals surface area contributed by atoms with Crippen molar-refractivity contribution >= 4 is 15.9 Å². The zero-order valence-electron chi connectivity index (χ0n) is 11.8. The van der Waals surface area contributed by atoms with Crippen LogP contribution in [0.2, 0.25) is 0 Å². The molecule has 0 aliphatic heterocycles. The van der Waals surface area contributed by atoms with Gasteiger partial charge in [-0.3, -0.25) is 4.79 Å². The van der Waals surface area contributed by atoms with Crippen molar-refractivity contribution in [2.24, 2.45) is 5.73 Å². The van der Waals surface area contributed by atoms with Crippen molar-refractivity contribution in [3.8, 4) is 0 Å². The molecule has 112 valence electrons. The molecule has 0 heterocycles. The van der Waals surface area contributed by atoms with E-state index >= 15 is 0 Å². The lowest BCUT2D eigenvalue weighted by Gasteiger charge is -2.24. The van der Waals surface area contributed by atoms with Crippen LogP contribution in [0.25, 0.3) is 0 Å². The number of carbonyl (C=O) groups excluding carboxylic acids is 1. The summed E-state index contributed by atoms with van der Waals surface area (Å²) >= 11 is 0. The van der Waals surface area contributed by atoms with Crippen LogP contribution in [-0.2, 0) is 14.8 Å². The minimum Gasteiger partial charge on any atom is -0.389 e. The maximum Gasteiger partial charge on any atom is 0.241 e. The lowest BCUT2D eigenvalue weighted by atomic mass is 10.0. The molecule has 1 aromatic rings. The number of carbonyl (C=O) groups is 1. The number of nitrogens with two attached hydrogens (primary N) is 1. The first-order valence-corrected chi connectivity index (χ1v) is 7.62. The van der Waals surface area contributed by atoms with Gasteiger partial charge in [-0.1, -0.05) is 12.1 Å². The Morgan fingerprint density at radius 1 is 1.45 bits per heavy atom. The normalized spacial score (nSPS) is 14.0. The molecular formula is C13H20N2O4S. The smallest absolute Gasteiger partial charge is 0.241 e. The molecule has 4 N–H and O–H groups in total. The zero-order valence-corrected chi connectivity index (χ0v) is 12.6. The Morgan fingerprint density at radius 3 is 2.55 bits per heavy atom. The molecule has 1 amide bonds. The summed E-state index contributed by atoms with van der Waals surface area (Å²) in [6.45, 7) is 4.71. The maximum atomic E-state index is 12.3. The fourth-order valence-corrected chi connectivity index (χ4v) is 3.30. The number of nitrogens with one attached hydrogen (secondary N) is 1. The summed E-state index contributed by atoms with van der Waals surface area (Å²) in [5.74, 6) is -0.588. The van der Waals surface area contributed by atoms with Crippen molar-refractivity contribution in [2.75, 3.05) is 0 Å². The Morgan fingerprint density at radius 2 is 2.05 bits per heavy atom. The number of rotatable bonds is 6. The second-order valence-corrected chi connectivity index (χ2v) is 7.06. The van der Waals surface area contributed by atoms with E-state index in [1.165, 1.54) is 12.1 Å². The molecule has 0 aliphatic carbocycles. The van der Waals surface area contributed by atoms with Gasteiger partial charge in [0.2, 0.25) is 15.9 Å². The fourth-order valence-electron chi connectivity index (χ4n) is 1.84. The lowest BCUT2D eigenvalue weighted by molar-refractivity contribution is -0.119. The standard InChI is InChI=1S/C13H20N2O4S/c1-9(16)10-5-4-6-11(7-10)20(18,19)15-13(2,3)8-12(14)17/h4-7,9,15-16H,8H2,1-3H3,(H2,14,17). The van der Waals surface area contributed by atoms with Crippen LogP contribution in [0.15, 0.2) is 29.2 Å². The predicted octanol–water partition coefficient (Wildman–Crippen LogP) is 0.672. The lowest BCUT2D eigenvalue weighted by Crippen LogP contribution is -2.45. The molecule has 1 unspecified atom stereocenters. The second-order valence-electron chi connectivity index (χ2n) is 5.38. The number of amides is 1. The zero-order chi connectivity index (χ0) is 15.6. The van der Waals surface area contributed by atoms with Crippen LogP contribution in [0.3, 0.4) is 0 Å². The third-order valence-electron chi connectivity index (χ3n) is 2.68. The van der Waals surface area contributed by atoms with Gasteiger partial charge in [0.15, 0.2) is 0 Å². The molecule has 0 saturated heterocycles. The van der Waals surface area contributed by atoms with Gasteiger partial charge in [-0.25, -0.2) is 13.1 Å². The number of aliphatic hydroxyl groups is 1. The molecule has 1 atom stereocenters. The van der Waals surface area contributed by atoms with Crippen molar-refractivity contribution in [3.63, 3.8) is 0 Å². The van der Waals surface area contributed by atoms with E-state index in [0.29, 0.717) is 5.56 Å². The Labute approximate surface area is 119 Å². The summed E-state index contributed by atoms with van der Waals surface area (Å²) in [6, 6.07) is 6.01. The number of benzene rings is 1. The Hall–Kier alpha value is -1.44. The van der Waals surface area contributed by atoms with Crippen molar-refractivity contribution in [2.45, 2.75) is 43.7 Å². The molecule has 0 fully saturated rings. The van der Waals surface area contributed by atoms with Gasteiger partial charge >= 0.3 is 0 Å². The number of aliphatic hydroxyl groups excluding tert-OH is 1. The van der Waals surface area contributed by atoms with Crippen LogP contribution in [0.5, 0.6) is 0 Å². The molecule has 0 radical (unpaired) electrons. The summed E-state index contributed by atoms with van der Waals surface area (Å²) < 4.78 is 27.0. The van der Waals surface area contributed by atoms with Crippen LogP contribution < -0.4 is 10.5 Å². The number of primary amides is 1. The monoisotopic (exact) mass is 300 g/mol. The van der Waals surface area contributed by atoms with Crippen LogP contribution in [-0.4, -0.2) is 25.0 Å². The Kier molecular flexibility index (Phi) is 4.90. The highest BCUT2D eigenvalue weighted by Crippen LogP contribution is 2.19. The van der Waals surface area contributed by atoms with Gasteiger partial charge in [0, 0.05) is 12.0 Å². The van der Waals surface area contributed by atoms with E-state index in [0.717, 1.165) is 0 Å². The summed E-state index contributed by atoms with van der Waals surface area (Å²) in [4.78, 5) is 11.0. The van der Waals surface area contributed by atoms with E-state index in [2.05, 4.69) is 4.72 Å². The highest BCUT2D eigenvalue weighted by atomic mass is 32.2. The number of hydrogen-bond acceptors (Lipinski definition) is 4. The van der Waals surface area contributed by atoms with E-state index in [1.807, 2.05) is 0 Å². The van der Waals surface area contributed by atoms with Crippen LogP contribution >= 0.6 is 0 Å². The first kappa shape index (κ1) is 16.6. The molecule has 7 heteroatoms. The third kappa shape index (κ3) is 4.59. The molecule has 6 nitrogen and oxygen atoms in total. The van der Waals surface area contributed by atoms with E-state index in [4.69, 9.17) is 5.73 Å². The average Bonchev–Trinajstić information content (AvgIpc) is 2.25. The quantitative estimate of drug-likeness (QED) is 0.717. The highest BCUT2D eigenvalue weighted by molar-refractivity contribution is 7.89. The molecule has 0 saturated carbocycles. The topological polar surface area (TPSA) is 109 Å². The highest BCUT2D eigenvalue weighted by Gasteiger charge is 2.28. The molecule has 20 heavy (non-hydrogen) atoms. The van der Waals surface area contributed by atoms with E-state index < -0.39 is 27.6 Å². The van der Waals surface area contributed by atoms with Gasteiger partial charge < -0.3 is 10.8 Å². The van der Waals surface area contributed by atoms with Crippen LogP contribution in [0, 0.1) is 0 Å². The van der Waals surface area contributed by atoms with Gasteiger partial charge in [-0.15, -0.1) is 0 Å². The molecule has 1 aromatic carbocycles. The summed E-state index contributed by atoms with van der Waals surface area (Å²) in [7, 11) is -3.79. The predicted molar refractivity (Wildman–Crippen MR) is 75.3 cm³/mol. The fraction of sp³-hybridized carbons (Fsp3) is 0.462. The van der Waals surface area contributed by atoms with Gasteiger partial charge in [0.25, 0.3) is 0 Å². The largest absolute Gasteiger partial charge is 0.389 e. The summed E-state index contributed by atoms with van der Waals surface area (Å²) in [6.07, 6.45) is -0.869. The molecule has 1 rings (SSSR count). The van der Waals surface area contributed by atoms with Crippen LogP contribution in [0.1, 0.15) is 38.9 Å². The van der Waals surface area contributed by atoms with E-state index in [9.17, 15) is 18.3 Å². The summed E-state index contributed by atoms with van der Waals surface area (Å²) in [5, 5.41) is 9.49. The second kappa shape index (κ2) is 5.90. The van der Waals surface area contributed by atoms with Gasteiger partial charge in [-0.05, 0) is 38.5 Å². The molecule has 0 aromatic heterocycles. The van der Waals surface area contributed by atoms with Gasteiger partial charge in [0.05, 0.1) is 11.0 Å². The van der Waals surface area contributed by atoms with Crippen molar-refractivity contribution in [1.29, 1.82) is 0 Å². The van der Waals surface area contributed by atoms with E-state index in [-0.39, 0.29) is 11.3 Å². The molecule has 0 spiro atoms. The van der Waals surface area contributed by atoms with Crippen molar-refractivity contribution in [1.82, 2.24) is 4.72 Å². The molecular weight excluding hydrogens is 280 g/mol. The average molecular weight is 300 g/mol. The number of hydrogen-bond donors (Lipinski definition) is 3. The first-order valence-electron chi connectivity index (χ1n) is 6.14. The van der Waals surface area contributed by atoms with E-state index in [1.54, 1.807) is 32.9 Å². The van der Waals surface area contributed by atoms with Crippen LogP contribution in [0.4, 0.5) is 0 Å². The Bertz CT molecular complexity index is 594. The maximum absolute atomic E-state index is 12.3. The third-order valence-corrected chi connectivity index (χ3v) is 4.37. The SMILES string of the molecule is CC(O)c1cccc(S(=O)(=O)NC(C)(C)CC(N)=O)c1. The van der Waals surface area contributed by atoms with Crippen molar-refractivity contribution < 1.29 is 18.3 Å². The van der Waals surface area contributed by atoms with Gasteiger partial charge in [-0.2, -0.15) is 0 Å². The van der Waals surface area contributed by atoms with Crippen molar-refractivity contribution in [3.05, 3.63) is 29.8 Å². The summed E-state index contributed by atoms with van der Waals surface area (Å²) in [5.41, 5.74) is 4.61. The minimum atomic E-state index is -3.79. The minimum absolute atomic E-state index is 0.0356.